The predicted molar refractivity (Wildman–Crippen MR) is 201 cm³/mol. The Bertz CT molecular complexity index is 1820. The SMILES string of the molecule is CCN[C@@H]1C[C@@H](C)S(=O)(=O)c2sc(S(=O)(=O)NC(=O)CCC/C=C\C[C@@H]3[C@@H](/C=C/[C@@H](O)CCc4ccccc4)[C@H](CC(C)=O)C[C@@H]3OC(C)=O)cc21. The van der Waals surface area contributed by atoms with Crippen molar-refractivity contribution in [3.05, 3.63) is 71.8 Å². The van der Waals surface area contributed by atoms with E-state index in [9.17, 15) is 36.3 Å². The summed E-state index contributed by atoms with van der Waals surface area (Å²) in [6.45, 7) is 7.00. The average molecular weight is 777 g/mol. The van der Waals surface area contributed by atoms with Crippen molar-refractivity contribution in [1.82, 2.24) is 10.0 Å². The lowest BCUT2D eigenvalue weighted by Gasteiger charge is -2.27. The van der Waals surface area contributed by atoms with Crippen LogP contribution < -0.4 is 10.0 Å². The van der Waals surface area contributed by atoms with Crippen molar-refractivity contribution in [2.45, 2.75) is 117 Å². The van der Waals surface area contributed by atoms with Gasteiger partial charge in [0.15, 0.2) is 9.84 Å². The number of sulfone groups is 1. The van der Waals surface area contributed by atoms with Gasteiger partial charge in [0.25, 0.3) is 10.0 Å². The molecule has 1 aromatic carbocycles. The molecule has 2 aliphatic rings. The van der Waals surface area contributed by atoms with Crippen LogP contribution in [0.1, 0.15) is 96.2 Å². The van der Waals surface area contributed by atoms with Gasteiger partial charge in [0.2, 0.25) is 5.91 Å². The summed E-state index contributed by atoms with van der Waals surface area (Å²) in [6.07, 6.45) is 10.4. The van der Waals surface area contributed by atoms with E-state index in [0.29, 0.717) is 68.4 Å². The van der Waals surface area contributed by atoms with E-state index in [0.717, 1.165) is 12.0 Å². The highest BCUT2D eigenvalue weighted by molar-refractivity contribution is 7.95. The van der Waals surface area contributed by atoms with Crippen LogP contribution in [-0.4, -0.2) is 63.6 Å². The van der Waals surface area contributed by atoms with Crippen LogP contribution in [0.5, 0.6) is 0 Å². The summed E-state index contributed by atoms with van der Waals surface area (Å²) in [4.78, 5) is 36.8. The number of rotatable bonds is 18. The van der Waals surface area contributed by atoms with Crippen molar-refractivity contribution >= 4 is 48.9 Å². The number of carbonyl (C=O) groups is 3. The summed E-state index contributed by atoms with van der Waals surface area (Å²) >= 11 is 0.674. The van der Waals surface area contributed by atoms with E-state index < -0.39 is 49.2 Å². The van der Waals surface area contributed by atoms with Crippen LogP contribution in [0.2, 0.25) is 0 Å². The van der Waals surface area contributed by atoms with Gasteiger partial charge in [0, 0.05) is 37.3 Å². The molecule has 11 nitrogen and oxygen atoms in total. The molecule has 0 unspecified atom stereocenters. The molecule has 2 aromatic rings. The minimum Gasteiger partial charge on any atom is -0.462 e. The molecule has 1 saturated carbocycles. The van der Waals surface area contributed by atoms with E-state index in [4.69, 9.17) is 4.74 Å². The first-order chi connectivity index (χ1) is 24.6. The number of aliphatic hydroxyl groups excluding tert-OH is 1. The third kappa shape index (κ3) is 11.2. The van der Waals surface area contributed by atoms with E-state index in [2.05, 4.69) is 10.0 Å². The molecule has 1 aliphatic carbocycles. The number of thiophene rings is 1. The number of nitrogens with one attached hydrogen (secondary N) is 2. The minimum atomic E-state index is -4.26. The smallest absolute Gasteiger partial charge is 0.302 e. The Balaban J connectivity index is 1.34. The molecule has 14 heteroatoms. The van der Waals surface area contributed by atoms with Crippen LogP contribution in [0.4, 0.5) is 0 Å². The number of aliphatic hydroxyl groups is 1. The third-order valence-corrected chi connectivity index (χ3v) is 15.5. The van der Waals surface area contributed by atoms with Gasteiger partial charge in [-0.15, -0.1) is 11.3 Å². The van der Waals surface area contributed by atoms with Gasteiger partial charge in [-0.3, -0.25) is 9.59 Å². The summed E-state index contributed by atoms with van der Waals surface area (Å²) in [5.41, 5.74) is 1.56. The number of sulfonamides is 1. The lowest BCUT2D eigenvalue weighted by molar-refractivity contribution is -0.148. The number of ketones is 1. The Labute approximate surface area is 312 Å². The topological polar surface area (TPSA) is 173 Å². The summed E-state index contributed by atoms with van der Waals surface area (Å²) in [5, 5.41) is 13.3. The van der Waals surface area contributed by atoms with Crippen LogP contribution >= 0.6 is 11.3 Å². The number of carbonyl (C=O) groups excluding carboxylic acids is 3. The van der Waals surface area contributed by atoms with Crippen molar-refractivity contribution in [1.29, 1.82) is 0 Å². The van der Waals surface area contributed by atoms with Crippen molar-refractivity contribution in [3.8, 4) is 0 Å². The van der Waals surface area contributed by atoms with E-state index >= 15 is 0 Å². The summed E-state index contributed by atoms with van der Waals surface area (Å²) < 4.78 is 59.7. The number of aryl methyl sites for hydroxylation is 1. The maximum absolute atomic E-state index is 13.1. The van der Waals surface area contributed by atoms with Crippen LogP contribution in [0.15, 0.2) is 69.1 Å². The van der Waals surface area contributed by atoms with Gasteiger partial charge in [-0.2, -0.15) is 0 Å². The fraction of sp³-hybridized carbons (Fsp3) is 0.553. The molecule has 4 rings (SSSR count). The van der Waals surface area contributed by atoms with E-state index in [1.807, 2.05) is 55.5 Å². The Morgan fingerprint density at radius 1 is 1.12 bits per heavy atom. The van der Waals surface area contributed by atoms with Crippen LogP contribution in [-0.2, 0) is 45.4 Å². The monoisotopic (exact) mass is 776 g/mol. The number of ether oxygens (including phenoxy) is 1. The van der Waals surface area contributed by atoms with Gasteiger partial charge < -0.3 is 20.0 Å². The number of amides is 1. The van der Waals surface area contributed by atoms with Gasteiger partial charge >= 0.3 is 5.97 Å². The Morgan fingerprint density at radius 2 is 1.85 bits per heavy atom. The molecule has 2 heterocycles. The molecular formula is C38H52N2O9S3. The maximum atomic E-state index is 13.1. The zero-order chi connectivity index (χ0) is 38.1. The second kappa shape index (κ2) is 18.7. The largest absolute Gasteiger partial charge is 0.462 e. The van der Waals surface area contributed by atoms with Crippen LogP contribution in [0.25, 0.3) is 0 Å². The fourth-order valence-corrected chi connectivity index (χ4v) is 12.3. The molecule has 0 radical (unpaired) electrons. The van der Waals surface area contributed by atoms with E-state index in [-0.39, 0.29) is 44.4 Å². The van der Waals surface area contributed by atoms with Crippen molar-refractivity contribution in [2.24, 2.45) is 17.8 Å². The second-order valence-electron chi connectivity index (χ2n) is 13.9. The third-order valence-electron chi connectivity index (χ3n) is 9.79. The number of esters is 1. The van der Waals surface area contributed by atoms with Gasteiger partial charge in [-0.1, -0.05) is 61.6 Å². The van der Waals surface area contributed by atoms with Gasteiger partial charge in [-0.25, -0.2) is 21.6 Å². The molecule has 52 heavy (non-hydrogen) atoms. The first kappa shape index (κ1) is 41.6. The molecule has 286 valence electrons. The number of hydrogen-bond donors (Lipinski definition) is 3. The summed E-state index contributed by atoms with van der Waals surface area (Å²) in [6, 6.07) is 11.0. The Morgan fingerprint density at radius 3 is 2.52 bits per heavy atom. The molecule has 0 spiro atoms. The van der Waals surface area contributed by atoms with Crippen LogP contribution in [0.3, 0.4) is 0 Å². The first-order valence-corrected chi connectivity index (χ1v) is 21.9. The Hall–Kier alpha value is -3.17. The van der Waals surface area contributed by atoms with Crippen molar-refractivity contribution in [2.75, 3.05) is 6.54 Å². The highest BCUT2D eigenvalue weighted by Crippen LogP contribution is 2.45. The molecule has 3 N–H and O–H groups in total. The molecule has 7 atom stereocenters. The zero-order valence-electron chi connectivity index (χ0n) is 30.3. The van der Waals surface area contributed by atoms with E-state index in [1.165, 1.54) is 13.0 Å². The molecular weight excluding hydrogens is 725 g/mol. The minimum absolute atomic E-state index is 0.0259. The molecule has 1 aromatic heterocycles. The average Bonchev–Trinajstić information content (AvgIpc) is 3.66. The number of Topliss-reactive ketones (excluding diaryl/α,β-unsaturated/α-hetero) is 1. The highest BCUT2D eigenvalue weighted by Gasteiger charge is 2.43. The predicted octanol–water partition coefficient (Wildman–Crippen LogP) is 5.60. The molecule has 1 amide bonds. The van der Waals surface area contributed by atoms with Gasteiger partial charge in [0.05, 0.1) is 11.4 Å². The van der Waals surface area contributed by atoms with Crippen LogP contribution in [0, 0.1) is 17.8 Å². The lowest BCUT2D eigenvalue weighted by Crippen LogP contribution is -2.33. The number of benzene rings is 1. The van der Waals surface area contributed by atoms with Gasteiger partial charge in [0.1, 0.15) is 20.3 Å². The second-order valence-corrected chi connectivity index (χ2v) is 19.4. The molecule has 0 saturated heterocycles. The fourth-order valence-electron chi connectivity index (χ4n) is 7.26. The maximum Gasteiger partial charge on any atom is 0.302 e. The Kier molecular flexibility index (Phi) is 15.0. The number of allylic oxidation sites excluding steroid dienone is 3. The number of hydrogen-bond acceptors (Lipinski definition) is 11. The first-order valence-electron chi connectivity index (χ1n) is 18.0. The lowest BCUT2D eigenvalue weighted by atomic mass is 9.84. The molecule has 1 aliphatic heterocycles. The highest BCUT2D eigenvalue weighted by atomic mass is 32.3. The number of unbranched alkanes of at least 4 members (excludes halogenated alkanes) is 1. The van der Waals surface area contributed by atoms with Crippen molar-refractivity contribution in [3.63, 3.8) is 0 Å². The molecule has 1 fully saturated rings. The number of fused-ring (bicyclic) bond motifs is 1. The van der Waals surface area contributed by atoms with Gasteiger partial charge in [-0.05, 0) is 88.8 Å². The molecule has 0 bridgehead atoms. The zero-order valence-corrected chi connectivity index (χ0v) is 32.8. The standard InChI is InChI=1S/C38H52N2O9S3/c1-5-39-34-22-26(3)51(45,46)38-33(34)24-37(50-38)52(47,48)40-36(44)16-12-7-6-11-15-32-31(29(21-25(2)41)23-35(32)49-27(4)42)20-19-30(43)18-17-28-13-9-8-10-14-28/h6,8-11,13-14,19-20,24,26,29-32,34-35,39,43H,5,7,12,15-18,21-23H2,1-4H3,(H,40,44)/b11-6-,20-19+/t26-,29-,30+,31+,32-,34-,35+/m1/s1. The quantitative estimate of drug-likeness (QED) is 0.0983. The summed E-state index contributed by atoms with van der Waals surface area (Å²) in [5.74, 6) is -1.31. The summed E-state index contributed by atoms with van der Waals surface area (Å²) in [7, 11) is -7.94. The normalized spacial score (nSPS) is 24.9. The van der Waals surface area contributed by atoms with Crippen molar-refractivity contribution < 1.29 is 41.1 Å². The van der Waals surface area contributed by atoms with E-state index in [1.54, 1.807) is 19.9 Å².